The maximum Gasteiger partial charge on any atom is 0.312 e. The zero-order valence-corrected chi connectivity index (χ0v) is 18.1. The van der Waals surface area contributed by atoms with Crippen LogP contribution >= 0.6 is 0 Å². The number of hydrogen-bond acceptors (Lipinski definition) is 7. The number of halogens is 1. The normalized spacial score (nSPS) is 15.6. The average molecular weight is 458 g/mol. The van der Waals surface area contributed by atoms with Gasteiger partial charge in [0.25, 0.3) is 5.89 Å². The van der Waals surface area contributed by atoms with E-state index in [9.17, 15) is 9.18 Å². The van der Waals surface area contributed by atoms with Crippen LogP contribution in [0, 0.1) is 5.82 Å². The number of aryl methyl sites for hydroxylation is 1. The summed E-state index contributed by atoms with van der Waals surface area (Å²) in [5.74, 6) is -1.50. The first-order chi connectivity index (χ1) is 16.6. The number of nitrogens with zero attached hydrogens (tertiary/aromatic N) is 7. The second-order valence-corrected chi connectivity index (χ2v) is 7.95. The second kappa shape index (κ2) is 7.87. The molecule has 0 bridgehead atoms. The highest BCUT2D eigenvalue weighted by atomic mass is 19.1. The molecule has 0 fully saturated rings. The zero-order valence-electron chi connectivity index (χ0n) is 18.1. The van der Waals surface area contributed by atoms with Gasteiger partial charge in [-0.05, 0) is 36.2 Å². The van der Waals surface area contributed by atoms with Gasteiger partial charge in [-0.2, -0.15) is 5.10 Å². The Kier molecular flexibility index (Phi) is 4.68. The minimum absolute atomic E-state index is 0.105. The van der Waals surface area contributed by atoms with Gasteiger partial charge in [-0.15, -0.1) is 10.2 Å². The van der Waals surface area contributed by atoms with E-state index in [1.165, 1.54) is 18.3 Å². The van der Waals surface area contributed by atoms with Crippen LogP contribution in [-0.2, 0) is 12.8 Å². The summed E-state index contributed by atoms with van der Waals surface area (Å²) in [5, 5.41) is 12.5. The van der Waals surface area contributed by atoms with Gasteiger partial charge in [0.15, 0.2) is 11.5 Å². The van der Waals surface area contributed by atoms with Crippen LogP contribution in [0.4, 0.5) is 4.39 Å². The second-order valence-electron chi connectivity index (χ2n) is 7.95. The summed E-state index contributed by atoms with van der Waals surface area (Å²) < 4.78 is 21.5. The van der Waals surface area contributed by atoms with E-state index < -0.39 is 17.8 Å². The van der Waals surface area contributed by atoms with E-state index in [4.69, 9.17) is 9.52 Å². The zero-order chi connectivity index (χ0) is 23.2. The Balaban J connectivity index is 1.41. The summed E-state index contributed by atoms with van der Waals surface area (Å²) >= 11 is 0. The van der Waals surface area contributed by atoms with Gasteiger partial charge in [0, 0.05) is 31.1 Å². The number of pyridine rings is 2. The number of amides is 1. The van der Waals surface area contributed by atoms with Crippen molar-refractivity contribution in [1.29, 1.82) is 0 Å². The maximum atomic E-state index is 14.1. The van der Waals surface area contributed by atoms with Crippen molar-refractivity contribution in [2.24, 2.45) is 0 Å². The lowest BCUT2D eigenvalue weighted by Crippen LogP contribution is -2.41. The SMILES string of the molecule is CCc1cccn2nc([C@H]3c4nc[nH]c4CCN3C(=O)c3nnc(-c4ncccc4F)o3)cc12. The van der Waals surface area contributed by atoms with Gasteiger partial charge in [0.2, 0.25) is 0 Å². The molecular formula is C23H19FN8O2. The molecule has 5 aromatic heterocycles. The highest BCUT2D eigenvalue weighted by Crippen LogP contribution is 2.34. The Morgan fingerprint density at radius 3 is 3.03 bits per heavy atom. The third-order valence-electron chi connectivity index (χ3n) is 6.02. The summed E-state index contributed by atoms with van der Waals surface area (Å²) in [6.45, 7) is 2.48. The summed E-state index contributed by atoms with van der Waals surface area (Å²) in [7, 11) is 0. The maximum absolute atomic E-state index is 14.1. The molecule has 0 spiro atoms. The fourth-order valence-corrected chi connectivity index (χ4v) is 4.39. The van der Waals surface area contributed by atoms with Crippen molar-refractivity contribution in [3.63, 3.8) is 0 Å². The topological polar surface area (TPSA) is 118 Å². The Labute approximate surface area is 192 Å². The third-order valence-corrected chi connectivity index (χ3v) is 6.02. The molecule has 1 N–H and O–H groups in total. The molecule has 0 saturated carbocycles. The molecule has 34 heavy (non-hydrogen) atoms. The van der Waals surface area contributed by atoms with Gasteiger partial charge >= 0.3 is 11.8 Å². The Bertz CT molecular complexity index is 1520. The predicted octanol–water partition coefficient (Wildman–Crippen LogP) is 2.99. The average Bonchev–Trinajstić information content (AvgIpc) is 3.62. The van der Waals surface area contributed by atoms with Crippen LogP contribution in [0.5, 0.6) is 0 Å². The van der Waals surface area contributed by atoms with E-state index in [1.54, 1.807) is 11.2 Å². The van der Waals surface area contributed by atoms with Gasteiger partial charge in [-0.1, -0.05) is 13.0 Å². The van der Waals surface area contributed by atoms with Crippen molar-refractivity contribution in [2.75, 3.05) is 6.54 Å². The number of carbonyl (C=O) groups is 1. The highest BCUT2D eigenvalue weighted by Gasteiger charge is 2.38. The molecule has 1 aliphatic heterocycles. The number of aromatic nitrogens is 7. The number of fused-ring (bicyclic) bond motifs is 2. The summed E-state index contributed by atoms with van der Waals surface area (Å²) in [4.78, 5) is 26.7. The molecule has 10 nitrogen and oxygen atoms in total. The molecule has 0 radical (unpaired) electrons. The number of H-pyrrole nitrogens is 1. The lowest BCUT2D eigenvalue weighted by molar-refractivity contribution is 0.0646. The molecule has 1 aliphatic rings. The van der Waals surface area contributed by atoms with Crippen LogP contribution in [0.25, 0.3) is 17.1 Å². The minimum Gasteiger partial charge on any atom is -0.411 e. The standard InChI is InChI=1S/C23H19FN8O2/c1-2-13-5-4-9-32-17(13)11-16(30-32)20-19-15(26-12-27-19)7-10-31(20)23(33)22-29-28-21(34-22)18-14(24)6-3-8-25-18/h3-6,8-9,11-12,20H,2,7,10H2,1H3,(H,26,27)/t20-/m0/s1. The van der Waals surface area contributed by atoms with Crippen LogP contribution in [0.3, 0.4) is 0 Å². The van der Waals surface area contributed by atoms with E-state index >= 15 is 0 Å². The molecule has 0 aromatic carbocycles. The summed E-state index contributed by atoms with van der Waals surface area (Å²) in [6, 6.07) is 8.14. The first-order valence-corrected chi connectivity index (χ1v) is 10.9. The lowest BCUT2D eigenvalue weighted by atomic mass is 9.99. The molecule has 6 heterocycles. The van der Waals surface area contributed by atoms with Gasteiger partial charge < -0.3 is 14.3 Å². The fraction of sp³-hybridized carbons (Fsp3) is 0.217. The van der Waals surface area contributed by atoms with Gasteiger partial charge in [0.05, 0.1) is 23.2 Å². The van der Waals surface area contributed by atoms with Crippen molar-refractivity contribution >= 4 is 11.4 Å². The van der Waals surface area contributed by atoms with Crippen LogP contribution < -0.4 is 0 Å². The van der Waals surface area contributed by atoms with Crippen molar-refractivity contribution in [3.05, 3.63) is 83.4 Å². The van der Waals surface area contributed by atoms with Crippen molar-refractivity contribution in [2.45, 2.75) is 25.8 Å². The van der Waals surface area contributed by atoms with E-state index in [2.05, 4.69) is 38.1 Å². The molecule has 1 amide bonds. The van der Waals surface area contributed by atoms with Crippen molar-refractivity contribution in [3.8, 4) is 11.6 Å². The van der Waals surface area contributed by atoms with Crippen LogP contribution in [0.15, 0.2) is 53.5 Å². The van der Waals surface area contributed by atoms with Crippen LogP contribution in [-0.4, -0.2) is 52.1 Å². The first-order valence-electron chi connectivity index (χ1n) is 10.9. The number of imidazole rings is 1. The van der Waals surface area contributed by atoms with E-state index in [0.717, 1.165) is 28.9 Å². The highest BCUT2D eigenvalue weighted by molar-refractivity contribution is 5.90. The molecule has 0 unspecified atom stereocenters. The minimum atomic E-state index is -0.612. The van der Waals surface area contributed by atoms with E-state index in [1.807, 2.05) is 22.8 Å². The first kappa shape index (κ1) is 20.2. The van der Waals surface area contributed by atoms with E-state index in [-0.39, 0.29) is 17.5 Å². The van der Waals surface area contributed by atoms with Crippen LogP contribution in [0.1, 0.15) is 46.3 Å². The molecule has 11 heteroatoms. The molecule has 170 valence electrons. The molecule has 5 aromatic rings. The molecule has 1 atom stereocenters. The Morgan fingerprint density at radius 2 is 2.18 bits per heavy atom. The smallest absolute Gasteiger partial charge is 0.312 e. The molecule has 0 saturated heterocycles. The van der Waals surface area contributed by atoms with Crippen LogP contribution in [0.2, 0.25) is 0 Å². The largest absolute Gasteiger partial charge is 0.411 e. The quantitative estimate of drug-likeness (QED) is 0.440. The Morgan fingerprint density at radius 1 is 1.26 bits per heavy atom. The number of carbonyl (C=O) groups excluding carboxylic acids is 1. The molecule has 6 rings (SSSR count). The predicted molar refractivity (Wildman–Crippen MR) is 117 cm³/mol. The molecule has 0 aliphatic carbocycles. The van der Waals surface area contributed by atoms with E-state index in [0.29, 0.717) is 18.7 Å². The monoisotopic (exact) mass is 458 g/mol. The lowest BCUT2D eigenvalue weighted by Gasteiger charge is -2.32. The molecular weight excluding hydrogens is 439 g/mol. The number of nitrogens with one attached hydrogen (secondary N) is 1. The fourth-order valence-electron chi connectivity index (χ4n) is 4.39. The number of rotatable bonds is 4. The van der Waals surface area contributed by atoms with Gasteiger partial charge in [0.1, 0.15) is 6.04 Å². The summed E-state index contributed by atoms with van der Waals surface area (Å²) in [5.41, 5.74) is 4.36. The Hall–Kier alpha value is -4.41. The van der Waals surface area contributed by atoms with Gasteiger partial charge in [-0.25, -0.2) is 18.9 Å². The number of hydrogen-bond donors (Lipinski definition) is 1. The third kappa shape index (κ3) is 3.16. The van der Waals surface area contributed by atoms with Crippen molar-refractivity contribution < 1.29 is 13.6 Å². The van der Waals surface area contributed by atoms with Gasteiger partial charge in [-0.3, -0.25) is 4.79 Å². The van der Waals surface area contributed by atoms with Crippen molar-refractivity contribution in [1.82, 2.24) is 39.7 Å². The number of aromatic amines is 1. The summed E-state index contributed by atoms with van der Waals surface area (Å²) in [6.07, 6.45) is 6.35.